The Morgan fingerprint density at radius 1 is 0.828 bits per heavy atom. The molecule has 0 aliphatic rings. The highest BCUT2D eigenvalue weighted by Crippen LogP contribution is 2.29. The average molecular weight is 391 g/mol. The molecule has 6 heteroatoms. The number of fused-ring (bicyclic) bond motifs is 2. The van der Waals surface area contributed by atoms with Crippen LogP contribution in [0.2, 0.25) is 0 Å². The van der Waals surface area contributed by atoms with Crippen molar-refractivity contribution < 1.29 is 23.1 Å². The minimum atomic E-state index is -0.786. The number of benzene rings is 4. The number of rotatable bonds is 4. The first-order valence-corrected chi connectivity index (χ1v) is 8.85. The third-order valence-electron chi connectivity index (χ3n) is 4.51. The minimum Gasteiger partial charge on any atom is -0.452 e. The fourth-order valence-electron chi connectivity index (χ4n) is 3.22. The molecule has 0 aliphatic carbocycles. The quantitative estimate of drug-likeness (QED) is 0.391. The van der Waals surface area contributed by atoms with Gasteiger partial charge in [-0.2, -0.15) is 0 Å². The summed E-state index contributed by atoms with van der Waals surface area (Å²) in [7, 11) is 0. The number of nitrogens with one attached hydrogen (secondary N) is 1. The van der Waals surface area contributed by atoms with Gasteiger partial charge in [-0.15, -0.1) is 0 Å². The molecule has 0 heterocycles. The lowest BCUT2D eigenvalue weighted by Gasteiger charge is -2.12. The van der Waals surface area contributed by atoms with E-state index in [1.807, 2.05) is 42.5 Å². The van der Waals surface area contributed by atoms with Crippen molar-refractivity contribution in [2.75, 3.05) is 11.9 Å². The second-order valence-corrected chi connectivity index (χ2v) is 6.44. The molecule has 0 atom stereocenters. The van der Waals surface area contributed by atoms with Gasteiger partial charge in [-0.05, 0) is 39.7 Å². The molecule has 4 aromatic carbocycles. The van der Waals surface area contributed by atoms with E-state index in [1.165, 1.54) is 0 Å². The molecule has 0 aliphatic heterocycles. The molecule has 29 heavy (non-hydrogen) atoms. The van der Waals surface area contributed by atoms with Gasteiger partial charge in [-0.1, -0.05) is 48.5 Å². The van der Waals surface area contributed by atoms with Crippen LogP contribution in [0.1, 0.15) is 10.4 Å². The summed E-state index contributed by atoms with van der Waals surface area (Å²) in [6.45, 7) is -0.633. The average Bonchev–Trinajstić information content (AvgIpc) is 2.73. The highest BCUT2D eigenvalue weighted by Gasteiger charge is 2.18. The second kappa shape index (κ2) is 7.67. The number of halogens is 2. The van der Waals surface area contributed by atoms with Gasteiger partial charge in [-0.3, -0.25) is 4.79 Å². The molecule has 4 rings (SSSR count). The topological polar surface area (TPSA) is 55.4 Å². The van der Waals surface area contributed by atoms with Gasteiger partial charge in [0, 0.05) is 6.07 Å². The summed E-state index contributed by atoms with van der Waals surface area (Å²) in [5.74, 6) is -2.92. The number of anilines is 1. The molecule has 1 N–H and O–H groups in total. The predicted octanol–water partition coefficient (Wildman–Crippen LogP) is 5.07. The van der Waals surface area contributed by atoms with Crippen molar-refractivity contribution in [3.05, 3.63) is 90.0 Å². The highest BCUT2D eigenvalue weighted by atomic mass is 19.1. The fraction of sp³-hybridized carbons (Fsp3) is 0.0435. The normalized spacial score (nSPS) is 10.8. The van der Waals surface area contributed by atoms with Crippen molar-refractivity contribution in [1.29, 1.82) is 0 Å². The standard InChI is InChI=1S/C23H15F2NO3/c24-16-9-10-19(25)20(12-16)26-21(27)13-29-23(28)22-17-7-3-1-5-14(17)11-15-6-2-4-8-18(15)22/h1-12H,13H2,(H,26,27). The Bertz CT molecular complexity index is 1200. The van der Waals surface area contributed by atoms with Crippen LogP contribution in [0.5, 0.6) is 0 Å². The molecule has 0 radical (unpaired) electrons. The molecule has 0 unspecified atom stereocenters. The van der Waals surface area contributed by atoms with Gasteiger partial charge in [0.2, 0.25) is 0 Å². The maximum absolute atomic E-state index is 13.7. The van der Waals surface area contributed by atoms with Gasteiger partial charge in [0.1, 0.15) is 11.6 Å². The highest BCUT2D eigenvalue weighted by molar-refractivity contribution is 6.16. The smallest absolute Gasteiger partial charge is 0.339 e. The summed E-state index contributed by atoms with van der Waals surface area (Å²) in [4.78, 5) is 24.9. The van der Waals surface area contributed by atoms with Gasteiger partial charge >= 0.3 is 5.97 Å². The summed E-state index contributed by atoms with van der Waals surface area (Å²) in [5, 5.41) is 5.33. The van der Waals surface area contributed by atoms with Crippen molar-refractivity contribution in [3.8, 4) is 0 Å². The van der Waals surface area contributed by atoms with Crippen LogP contribution in [0.15, 0.2) is 72.8 Å². The lowest BCUT2D eigenvalue weighted by Crippen LogP contribution is -2.21. The van der Waals surface area contributed by atoms with Crippen LogP contribution in [0.25, 0.3) is 21.5 Å². The van der Waals surface area contributed by atoms with Gasteiger partial charge in [-0.25, -0.2) is 13.6 Å². The Hall–Kier alpha value is -3.80. The van der Waals surface area contributed by atoms with Gasteiger partial charge in [0.05, 0.1) is 11.3 Å². The van der Waals surface area contributed by atoms with Crippen LogP contribution >= 0.6 is 0 Å². The number of carbonyl (C=O) groups is 2. The maximum atomic E-state index is 13.7. The zero-order valence-electron chi connectivity index (χ0n) is 15.1. The first-order valence-electron chi connectivity index (χ1n) is 8.85. The maximum Gasteiger partial charge on any atom is 0.339 e. The minimum absolute atomic E-state index is 0.318. The molecule has 0 saturated heterocycles. The molecule has 0 saturated carbocycles. The number of hydrogen-bond donors (Lipinski definition) is 1. The molecule has 4 nitrogen and oxygen atoms in total. The molecule has 0 bridgehead atoms. The van der Waals surface area contributed by atoms with Crippen molar-refractivity contribution in [2.24, 2.45) is 0 Å². The van der Waals surface area contributed by atoms with Crippen molar-refractivity contribution >= 4 is 39.1 Å². The van der Waals surface area contributed by atoms with E-state index >= 15 is 0 Å². The first kappa shape index (κ1) is 18.6. The summed E-state index contributed by atoms with van der Waals surface area (Å²) in [6.07, 6.45) is 0. The van der Waals surface area contributed by atoms with Crippen LogP contribution in [0.3, 0.4) is 0 Å². The lowest BCUT2D eigenvalue weighted by atomic mass is 9.97. The summed E-state index contributed by atoms with van der Waals surface area (Å²) in [6, 6.07) is 19.4. The van der Waals surface area contributed by atoms with Crippen LogP contribution < -0.4 is 5.32 Å². The molecular weight excluding hydrogens is 376 g/mol. The third kappa shape index (κ3) is 3.78. The Morgan fingerprint density at radius 2 is 1.45 bits per heavy atom. The Morgan fingerprint density at radius 3 is 2.10 bits per heavy atom. The van der Waals surface area contributed by atoms with E-state index < -0.39 is 30.1 Å². The van der Waals surface area contributed by atoms with Crippen molar-refractivity contribution in [3.63, 3.8) is 0 Å². The molecule has 0 aromatic heterocycles. The summed E-state index contributed by atoms with van der Waals surface area (Å²) < 4.78 is 32.1. The molecule has 1 amide bonds. The Balaban J connectivity index is 1.59. The molecule has 0 spiro atoms. The van der Waals surface area contributed by atoms with Crippen molar-refractivity contribution in [2.45, 2.75) is 0 Å². The van der Waals surface area contributed by atoms with E-state index in [1.54, 1.807) is 12.1 Å². The molecule has 144 valence electrons. The van der Waals surface area contributed by atoms with Crippen LogP contribution in [-0.4, -0.2) is 18.5 Å². The number of hydrogen-bond acceptors (Lipinski definition) is 3. The van der Waals surface area contributed by atoms with Gasteiger partial charge < -0.3 is 10.1 Å². The monoisotopic (exact) mass is 391 g/mol. The Labute approximate surface area is 164 Å². The SMILES string of the molecule is O=C(COC(=O)c1c2ccccc2cc2ccccc12)Nc1cc(F)ccc1F. The van der Waals surface area contributed by atoms with Crippen LogP contribution in [-0.2, 0) is 9.53 Å². The Kier molecular flexibility index (Phi) is 4.91. The van der Waals surface area contributed by atoms with E-state index in [4.69, 9.17) is 4.74 Å². The lowest BCUT2D eigenvalue weighted by molar-refractivity contribution is -0.119. The number of amides is 1. The van der Waals surface area contributed by atoms with E-state index in [2.05, 4.69) is 5.32 Å². The van der Waals surface area contributed by atoms with E-state index in [0.717, 1.165) is 29.0 Å². The largest absolute Gasteiger partial charge is 0.452 e. The third-order valence-corrected chi connectivity index (χ3v) is 4.51. The zero-order valence-corrected chi connectivity index (χ0v) is 15.1. The number of esters is 1. The summed E-state index contributed by atoms with van der Waals surface area (Å²) in [5.41, 5.74) is 0.0325. The molecule has 4 aromatic rings. The molecule has 0 fully saturated rings. The first-order chi connectivity index (χ1) is 14.0. The second-order valence-electron chi connectivity index (χ2n) is 6.44. The van der Waals surface area contributed by atoms with Gasteiger partial charge in [0.25, 0.3) is 5.91 Å². The van der Waals surface area contributed by atoms with Crippen molar-refractivity contribution in [1.82, 2.24) is 0 Å². The van der Waals surface area contributed by atoms with Gasteiger partial charge in [0.15, 0.2) is 6.61 Å². The van der Waals surface area contributed by atoms with E-state index in [-0.39, 0.29) is 5.69 Å². The predicted molar refractivity (Wildman–Crippen MR) is 107 cm³/mol. The fourth-order valence-corrected chi connectivity index (χ4v) is 3.22. The van der Waals surface area contributed by atoms with Crippen LogP contribution in [0, 0.1) is 11.6 Å². The summed E-state index contributed by atoms with van der Waals surface area (Å²) >= 11 is 0. The van der Waals surface area contributed by atoms with E-state index in [9.17, 15) is 18.4 Å². The van der Waals surface area contributed by atoms with E-state index in [0.29, 0.717) is 16.3 Å². The van der Waals surface area contributed by atoms with Crippen LogP contribution in [0.4, 0.5) is 14.5 Å². The number of carbonyl (C=O) groups excluding carboxylic acids is 2. The zero-order chi connectivity index (χ0) is 20.4. The number of ether oxygens (including phenoxy) is 1. The molecular formula is C23H15F2NO3.